The second-order valence-electron chi connectivity index (χ2n) is 4.43. The number of rotatable bonds is 5. The molecule has 106 valence electrons. The van der Waals surface area contributed by atoms with E-state index in [-0.39, 0.29) is 5.75 Å². The molecule has 0 spiro atoms. The van der Waals surface area contributed by atoms with Gasteiger partial charge < -0.3 is 4.90 Å². The SMILES string of the molecule is O=S(=O)(CCCCl)N1CCN(c2ccccn2)CC1. The van der Waals surface area contributed by atoms with E-state index in [2.05, 4.69) is 9.88 Å². The van der Waals surface area contributed by atoms with E-state index in [1.807, 2.05) is 18.2 Å². The van der Waals surface area contributed by atoms with E-state index < -0.39 is 10.0 Å². The van der Waals surface area contributed by atoms with Crippen LogP contribution in [0, 0.1) is 0 Å². The zero-order valence-electron chi connectivity index (χ0n) is 10.7. The van der Waals surface area contributed by atoms with Crippen molar-refractivity contribution in [2.75, 3.05) is 42.7 Å². The smallest absolute Gasteiger partial charge is 0.214 e. The van der Waals surface area contributed by atoms with Gasteiger partial charge in [0.15, 0.2) is 0 Å². The lowest BCUT2D eigenvalue weighted by atomic mass is 10.3. The molecule has 1 saturated heterocycles. The van der Waals surface area contributed by atoms with Crippen LogP contribution in [0.25, 0.3) is 0 Å². The van der Waals surface area contributed by atoms with E-state index in [0.717, 1.165) is 5.82 Å². The van der Waals surface area contributed by atoms with Gasteiger partial charge in [-0.25, -0.2) is 13.4 Å². The van der Waals surface area contributed by atoms with Crippen molar-refractivity contribution in [3.8, 4) is 0 Å². The molecule has 0 amide bonds. The summed E-state index contributed by atoms with van der Waals surface area (Å²) in [6.45, 7) is 2.39. The molecule has 1 fully saturated rings. The molecule has 0 atom stereocenters. The molecule has 2 rings (SSSR count). The highest BCUT2D eigenvalue weighted by Crippen LogP contribution is 2.15. The first kappa shape index (κ1) is 14.6. The Morgan fingerprint density at radius 2 is 1.95 bits per heavy atom. The van der Waals surface area contributed by atoms with Crippen LogP contribution in [0.1, 0.15) is 6.42 Å². The molecule has 0 aliphatic carbocycles. The molecule has 1 aliphatic rings. The van der Waals surface area contributed by atoms with Crippen LogP contribution in [-0.2, 0) is 10.0 Å². The van der Waals surface area contributed by atoms with E-state index in [4.69, 9.17) is 11.6 Å². The van der Waals surface area contributed by atoms with Crippen molar-refractivity contribution in [1.82, 2.24) is 9.29 Å². The van der Waals surface area contributed by atoms with Crippen molar-refractivity contribution in [3.05, 3.63) is 24.4 Å². The van der Waals surface area contributed by atoms with Gasteiger partial charge in [-0.15, -0.1) is 11.6 Å². The fourth-order valence-corrected chi connectivity index (χ4v) is 3.88. The average Bonchev–Trinajstić information content (AvgIpc) is 2.46. The number of piperazine rings is 1. The fourth-order valence-electron chi connectivity index (χ4n) is 2.10. The van der Waals surface area contributed by atoms with E-state index >= 15 is 0 Å². The van der Waals surface area contributed by atoms with Crippen LogP contribution >= 0.6 is 11.6 Å². The summed E-state index contributed by atoms with van der Waals surface area (Å²) in [4.78, 5) is 6.38. The van der Waals surface area contributed by atoms with Crippen molar-refractivity contribution in [2.45, 2.75) is 6.42 Å². The van der Waals surface area contributed by atoms with E-state index in [0.29, 0.717) is 38.5 Å². The number of nitrogens with zero attached hydrogens (tertiary/aromatic N) is 3. The van der Waals surface area contributed by atoms with Crippen molar-refractivity contribution < 1.29 is 8.42 Å². The summed E-state index contributed by atoms with van der Waals surface area (Å²) >= 11 is 5.55. The van der Waals surface area contributed by atoms with E-state index in [9.17, 15) is 8.42 Å². The van der Waals surface area contributed by atoms with Crippen LogP contribution in [0.5, 0.6) is 0 Å². The highest BCUT2D eigenvalue weighted by molar-refractivity contribution is 7.89. The lowest BCUT2D eigenvalue weighted by Crippen LogP contribution is -2.49. The van der Waals surface area contributed by atoms with Gasteiger partial charge in [0.25, 0.3) is 0 Å². The maximum atomic E-state index is 12.0. The van der Waals surface area contributed by atoms with Crippen LogP contribution < -0.4 is 4.90 Å². The lowest BCUT2D eigenvalue weighted by Gasteiger charge is -2.34. The second-order valence-corrected chi connectivity index (χ2v) is 6.90. The van der Waals surface area contributed by atoms with E-state index in [1.165, 1.54) is 0 Å². The second kappa shape index (κ2) is 6.54. The molecule has 5 nitrogen and oxygen atoms in total. The maximum absolute atomic E-state index is 12.0. The molecule has 7 heteroatoms. The molecule has 0 unspecified atom stereocenters. The van der Waals surface area contributed by atoms with Crippen LogP contribution in [-0.4, -0.2) is 55.5 Å². The predicted octanol–water partition coefficient (Wildman–Crippen LogP) is 1.16. The first-order valence-corrected chi connectivity index (χ1v) is 8.47. The molecular formula is C12H18ClN3O2S. The van der Waals surface area contributed by atoms with Gasteiger partial charge in [0.2, 0.25) is 10.0 Å². The van der Waals surface area contributed by atoms with Gasteiger partial charge in [0.1, 0.15) is 5.82 Å². The largest absolute Gasteiger partial charge is 0.354 e. The molecular weight excluding hydrogens is 286 g/mol. The summed E-state index contributed by atoms with van der Waals surface area (Å²) in [7, 11) is -3.15. The minimum absolute atomic E-state index is 0.139. The molecule has 0 N–H and O–H groups in total. The zero-order chi connectivity index (χ0) is 13.7. The van der Waals surface area contributed by atoms with Crippen LogP contribution in [0.15, 0.2) is 24.4 Å². The van der Waals surface area contributed by atoms with Crippen molar-refractivity contribution in [3.63, 3.8) is 0 Å². The summed E-state index contributed by atoms with van der Waals surface area (Å²) < 4.78 is 25.6. The molecule has 19 heavy (non-hydrogen) atoms. The third kappa shape index (κ3) is 3.81. The van der Waals surface area contributed by atoms with E-state index in [1.54, 1.807) is 10.5 Å². The normalized spacial score (nSPS) is 17.6. The summed E-state index contributed by atoms with van der Waals surface area (Å²) in [5, 5.41) is 0. The number of hydrogen-bond donors (Lipinski definition) is 0. The first-order chi connectivity index (χ1) is 9.13. The Kier molecular flexibility index (Phi) is 5.01. The predicted molar refractivity (Wildman–Crippen MR) is 77.1 cm³/mol. The summed E-state index contributed by atoms with van der Waals surface area (Å²) in [6.07, 6.45) is 2.25. The minimum atomic E-state index is -3.15. The first-order valence-electron chi connectivity index (χ1n) is 6.33. The van der Waals surface area contributed by atoms with Crippen molar-refractivity contribution in [1.29, 1.82) is 0 Å². The molecule has 0 radical (unpaired) electrons. The van der Waals surface area contributed by atoms with Gasteiger partial charge in [-0.05, 0) is 18.6 Å². The minimum Gasteiger partial charge on any atom is -0.354 e. The number of hydrogen-bond acceptors (Lipinski definition) is 4. The van der Waals surface area contributed by atoms with Gasteiger partial charge in [-0.2, -0.15) is 4.31 Å². The van der Waals surface area contributed by atoms with Crippen LogP contribution in [0.4, 0.5) is 5.82 Å². The molecule has 1 aromatic rings. The Morgan fingerprint density at radius 3 is 2.53 bits per heavy atom. The third-order valence-electron chi connectivity index (χ3n) is 3.14. The molecule has 0 bridgehead atoms. The van der Waals surface area contributed by atoms with Gasteiger partial charge in [-0.3, -0.25) is 0 Å². The highest BCUT2D eigenvalue weighted by Gasteiger charge is 2.26. The number of pyridine rings is 1. The highest BCUT2D eigenvalue weighted by atomic mass is 35.5. The number of alkyl halides is 1. The maximum Gasteiger partial charge on any atom is 0.214 e. The van der Waals surface area contributed by atoms with Gasteiger partial charge in [0.05, 0.1) is 5.75 Å². The Morgan fingerprint density at radius 1 is 1.21 bits per heavy atom. The van der Waals surface area contributed by atoms with Gasteiger partial charge >= 0.3 is 0 Å². The lowest BCUT2D eigenvalue weighted by molar-refractivity contribution is 0.383. The zero-order valence-corrected chi connectivity index (χ0v) is 12.3. The van der Waals surface area contributed by atoms with Gasteiger partial charge in [-0.1, -0.05) is 6.07 Å². The Balaban J connectivity index is 1.92. The fraction of sp³-hybridized carbons (Fsp3) is 0.583. The van der Waals surface area contributed by atoms with Crippen LogP contribution in [0.2, 0.25) is 0 Å². The number of aromatic nitrogens is 1. The molecule has 0 saturated carbocycles. The monoisotopic (exact) mass is 303 g/mol. The molecule has 2 heterocycles. The summed E-state index contributed by atoms with van der Waals surface area (Å²) in [5.41, 5.74) is 0. The Hall–Kier alpha value is -0.850. The number of sulfonamides is 1. The van der Waals surface area contributed by atoms with Crippen LogP contribution in [0.3, 0.4) is 0 Å². The molecule has 0 aromatic carbocycles. The Bertz CT molecular complexity index is 487. The molecule has 1 aromatic heterocycles. The average molecular weight is 304 g/mol. The molecule has 1 aliphatic heterocycles. The van der Waals surface area contributed by atoms with Crippen molar-refractivity contribution in [2.24, 2.45) is 0 Å². The standard InChI is InChI=1S/C12H18ClN3O2S/c13-5-3-11-19(17,18)16-9-7-15(8-10-16)12-4-1-2-6-14-12/h1-2,4,6H,3,5,7-11H2. The number of anilines is 1. The van der Waals surface area contributed by atoms with Gasteiger partial charge in [0, 0.05) is 38.3 Å². The number of halogens is 1. The quantitative estimate of drug-likeness (QED) is 0.766. The summed E-state index contributed by atoms with van der Waals surface area (Å²) in [5.74, 6) is 1.42. The summed E-state index contributed by atoms with van der Waals surface area (Å²) in [6, 6.07) is 5.75. The van der Waals surface area contributed by atoms with Crippen molar-refractivity contribution >= 4 is 27.4 Å². The topological polar surface area (TPSA) is 53.5 Å². The third-order valence-corrected chi connectivity index (χ3v) is 5.37. The Labute approximate surface area is 119 Å².